The molecular weight excluding hydrogens is 226 g/mol. The minimum Gasteiger partial charge on any atom is -0.368 e. The summed E-state index contributed by atoms with van der Waals surface area (Å²) in [5.74, 6) is 3.01. The smallest absolute Gasteiger partial charge is 0.223 e. The monoisotopic (exact) mass is 247 g/mol. The highest BCUT2D eigenvalue weighted by molar-refractivity contribution is 5.53. The van der Waals surface area contributed by atoms with E-state index in [1.807, 2.05) is 6.07 Å². The van der Waals surface area contributed by atoms with Crippen molar-refractivity contribution in [1.82, 2.24) is 9.97 Å². The molecule has 2 aliphatic rings. The molecule has 1 aliphatic carbocycles. The van der Waals surface area contributed by atoms with Gasteiger partial charge in [0.25, 0.3) is 0 Å². The molecule has 1 aliphatic heterocycles. The van der Waals surface area contributed by atoms with Gasteiger partial charge in [0, 0.05) is 25.2 Å². The Morgan fingerprint density at radius 3 is 2.89 bits per heavy atom. The van der Waals surface area contributed by atoms with Crippen molar-refractivity contribution in [3.8, 4) is 0 Å². The molecule has 3 N–H and O–H groups in total. The number of hydrogen-bond donors (Lipinski definition) is 2. The highest BCUT2D eigenvalue weighted by Crippen LogP contribution is 2.28. The van der Waals surface area contributed by atoms with Crippen LogP contribution in [0.25, 0.3) is 0 Å². The number of nitrogens with one attached hydrogen (secondary N) is 1. The average Bonchev–Trinajstić information content (AvgIpc) is 3.03. The Labute approximate surface area is 108 Å². The maximum Gasteiger partial charge on any atom is 0.223 e. The third-order valence-corrected chi connectivity index (χ3v) is 3.85. The predicted molar refractivity (Wildman–Crippen MR) is 73.7 cm³/mol. The molecule has 1 saturated heterocycles. The fourth-order valence-corrected chi connectivity index (χ4v) is 2.50. The van der Waals surface area contributed by atoms with Crippen molar-refractivity contribution in [3.05, 3.63) is 6.07 Å². The van der Waals surface area contributed by atoms with Crippen LogP contribution in [0.3, 0.4) is 0 Å². The molecule has 2 heterocycles. The summed E-state index contributed by atoms with van der Waals surface area (Å²) in [6, 6.07) is 2.63. The number of anilines is 3. The van der Waals surface area contributed by atoms with Crippen LogP contribution in [-0.4, -0.2) is 29.1 Å². The van der Waals surface area contributed by atoms with Crippen LogP contribution in [0.5, 0.6) is 0 Å². The molecule has 98 valence electrons. The lowest BCUT2D eigenvalue weighted by Crippen LogP contribution is -2.22. The molecule has 0 aromatic carbocycles. The number of hydrogen-bond acceptors (Lipinski definition) is 5. The van der Waals surface area contributed by atoms with E-state index in [1.165, 1.54) is 25.7 Å². The Kier molecular flexibility index (Phi) is 2.97. The van der Waals surface area contributed by atoms with Gasteiger partial charge in [-0.05, 0) is 25.2 Å². The zero-order valence-electron chi connectivity index (χ0n) is 10.9. The summed E-state index contributed by atoms with van der Waals surface area (Å²) in [5, 5.41) is 3.39. The summed E-state index contributed by atoms with van der Waals surface area (Å²) in [6.45, 7) is 4.43. The molecule has 18 heavy (non-hydrogen) atoms. The maximum atomic E-state index is 5.80. The standard InChI is InChI=1S/C13H21N5/c1-2-9-5-6-18(8-9)12-7-11(15-10-3-4-10)16-13(14)17-12/h7,9-10H,2-6,8H2,1H3,(H3,14,15,16,17). The number of nitrogen functional groups attached to an aromatic ring is 1. The summed E-state index contributed by atoms with van der Waals surface area (Å²) in [6.07, 6.45) is 4.97. The quantitative estimate of drug-likeness (QED) is 0.850. The fourth-order valence-electron chi connectivity index (χ4n) is 2.50. The molecule has 0 radical (unpaired) electrons. The molecule has 2 fully saturated rings. The third kappa shape index (κ3) is 2.49. The maximum absolute atomic E-state index is 5.80. The fraction of sp³-hybridized carbons (Fsp3) is 0.692. The van der Waals surface area contributed by atoms with Crippen molar-refractivity contribution in [2.24, 2.45) is 5.92 Å². The second-order valence-corrected chi connectivity index (χ2v) is 5.40. The Bertz CT molecular complexity index is 429. The van der Waals surface area contributed by atoms with Gasteiger partial charge in [-0.2, -0.15) is 9.97 Å². The van der Waals surface area contributed by atoms with Gasteiger partial charge in [-0.3, -0.25) is 0 Å². The van der Waals surface area contributed by atoms with Gasteiger partial charge in [-0.25, -0.2) is 0 Å². The summed E-state index contributed by atoms with van der Waals surface area (Å²) in [7, 11) is 0. The summed E-state index contributed by atoms with van der Waals surface area (Å²) >= 11 is 0. The van der Waals surface area contributed by atoms with E-state index in [0.717, 1.165) is 30.6 Å². The van der Waals surface area contributed by atoms with Gasteiger partial charge in [-0.1, -0.05) is 13.3 Å². The van der Waals surface area contributed by atoms with Crippen LogP contribution in [0.4, 0.5) is 17.6 Å². The van der Waals surface area contributed by atoms with E-state index in [2.05, 4.69) is 27.1 Å². The van der Waals surface area contributed by atoms with E-state index < -0.39 is 0 Å². The Balaban J connectivity index is 1.76. The zero-order valence-corrected chi connectivity index (χ0v) is 10.9. The first-order valence-corrected chi connectivity index (χ1v) is 6.90. The van der Waals surface area contributed by atoms with Crippen LogP contribution in [0.2, 0.25) is 0 Å². The third-order valence-electron chi connectivity index (χ3n) is 3.85. The number of rotatable bonds is 4. The second kappa shape index (κ2) is 4.63. The van der Waals surface area contributed by atoms with Crippen LogP contribution in [-0.2, 0) is 0 Å². The van der Waals surface area contributed by atoms with E-state index in [-0.39, 0.29) is 0 Å². The van der Waals surface area contributed by atoms with E-state index >= 15 is 0 Å². The van der Waals surface area contributed by atoms with Crippen molar-refractivity contribution in [2.75, 3.05) is 29.0 Å². The number of aromatic nitrogens is 2. The van der Waals surface area contributed by atoms with Crippen LogP contribution < -0.4 is 16.0 Å². The van der Waals surface area contributed by atoms with Gasteiger partial charge in [-0.15, -0.1) is 0 Å². The second-order valence-electron chi connectivity index (χ2n) is 5.40. The molecule has 1 saturated carbocycles. The molecule has 3 rings (SSSR count). The van der Waals surface area contributed by atoms with Gasteiger partial charge in [0.15, 0.2) is 0 Å². The Morgan fingerprint density at radius 1 is 1.39 bits per heavy atom. The Hall–Kier alpha value is -1.52. The Morgan fingerprint density at radius 2 is 2.22 bits per heavy atom. The predicted octanol–water partition coefficient (Wildman–Crippen LogP) is 1.87. The van der Waals surface area contributed by atoms with Crippen LogP contribution >= 0.6 is 0 Å². The first kappa shape index (κ1) is 11.6. The first-order chi connectivity index (χ1) is 8.74. The van der Waals surface area contributed by atoms with E-state index in [0.29, 0.717) is 12.0 Å². The molecule has 1 unspecified atom stereocenters. The van der Waals surface area contributed by atoms with Crippen molar-refractivity contribution in [3.63, 3.8) is 0 Å². The highest BCUT2D eigenvalue weighted by atomic mass is 15.2. The van der Waals surface area contributed by atoms with Crippen molar-refractivity contribution in [1.29, 1.82) is 0 Å². The van der Waals surface area contributed by atoms with Crippen LogP contribution in [0.1, 0.15) is 32.6 Å². The molecule has 1 atom stereocenters. The van der Waals surface area contributed by atoms with Gasteiger partial charge >= 0.3 is 0 Å². The molecule has 0 bridgehead atoms. The normalized spacial score (nSPS) is 23.4. The minimum absolute atomic E-state index is 0.371. The molecular formula is C13H21N5. The molecule has 5 heteroatoms. The summed E-state index contributed by atoms with van der Waals surface area (Å²) < 4.78 is 0. The molecule has 0 amide bonds. The van der Waals surface area contributed by atoms with Crippen molar-refractivity contribution < 1.29 is 0 Å². The first-order valence-electron chi connectivity index (χ1n) is 6.90. The highest BCUT2D eigenvalue weighted by Gasteiger charge is 2.24. The van der Waals surface area contributed by atoms with Crippen molar-refractivity contribution in [2.45, 2.75) is 38.6 Å². The van der Waals surface area contributed by atoms with Gasteiger partial charge in [0.1, 0.15) is 11.6 Å². The summed E-state index contributed by atoms with van der Waals surface area (Å²) in [4.78, 5) is 10.9. The number of nitrogens with zero attached hydrogens (tertiary/aromatic N) is 3. The largest absolute Gasteiger partial charge is 0.368 e. The van der Waals surface area contributed by atoms with E-state index in [4.69, 9.17) is 5.73 Å². The lowest BCUT2D eigenvalue weighted by molar-refractivity contribution is 0.568. The lowest BCUT2D eigenvalue weighted by Gasteiger charge is -2.18. The van der Waals surface area contributed by atoms with Gasteiger partial charge < -0.3 is 16.0 Å². The minimum atomic E-state index is 0.371. The van der Waals surface area contributed by atoms with Crippen molar-refractivity contribution >= 4 is 17.6 Å². The number of nitrogens with two attached hydrogens (primary N) is 1. The van der Waals surface area contributed by atoms with Crippen LogP contribution in [0.15, 0.2) is 6.07 Å². The molecule has 5 nitrogen and oxygen atoms in total. The summed E-state index contributed by atoms with van der Waals surface area (Å²) in [5.41, 5.74) is 5.80. The molecule has 0 spiro atoms. The SMILES string of the molecule is CCC1CCN(c2cc(NC3CC3)nc(N)n2)C1. The van der Waals surface area contributed by atoms with E-state index in [9.17, 15) is 0 Å². The van der Waals surface area contributed by atoms with Crippen LogP contribution in [0, 0.1) is 5.92 Å². The van der Waals surface area contributed by atoms with Gasteiger partial charge in [0.05, 0.1) is 0 Å². The molecule has 1 aromatic heterocycles. The lowest BCUT2D eigenvalue weighted by atomic mass is 10.1. The van der Waals surface area contributed by atoms with Gasteiger partial charge in [0.2, 0.25) is 5.95 Å². The topological polar surface area (TPSA) is 67.1 Å². The average molecular weight is 247 g/mol. The van der Waals surface area contributed by atoms with E-state index in [1.54, 1.807) is 0 Å². The molecule has 1 aromatic rings. The zero-order chi connectivity index (χ0) is 12.5.